The molecule has 0 saturated carbocycles. The number of benzene rings is 1. The van der Waals surface area contributed by atoms with Gasteiger partial charge >= 0.3 is 0 Å². The zero-order valence-corrected chi connectivity index (χ0v) is 12.6. The molecule has 0 unspecified atom stereocenters. The van der Waals surface area contributed by atoms with Crippen molar-refractivity contribution in [2.24, 2.45) is 0 Å². The van der Waals surface area contributed by atoms with Crippen molar-refractivity contribution < 1.29 is 0 Å². The number of hydrogen-bond acceptors (Lipinski definition) is 4. The van der Waals surface area contributed by atoms with E-state index in [-0.39, 0.29) is 0 Å². The summed E-state index contributed by atoms with van der Waals surface area (Å²) in [5.41, 5.74) is 9.23. The number of nitrogens with zero attached hydrogens (tertiary/aromatic N) is 4. The van der Waals surface area contributed by atoms with Crippen LogP contribution in [0.3, 0.4) is 0 Å². The molecule has 0 atom stereocenters. The SMILES string of the molecule is CCn1cc(CN2CCN(c3cccc(N)c3)CC2)cn1. The third kappa shape index (κ3) is 3.36. The van der Waals surface area contributed by atoms with E-state index < -0.39 is 0 Å². The van der Waals surface area contributed by atoms with Gasteiger partial charge in [-0.3, -0.25) is 9.58 Å². The maximum absolute atomic E-state index is 5.86. The number of nitrogen functional groups attached to an aromatic ring is 1. The van der Waals surface area contributed by atoms with Gasteiger partial charge in [0.1, 0.15) is 0 Å². The molecule has 0 spiro atoms. The Morgan fingerprint density at radius 2 is 2.00 bits per heavy atom. The average molecular weight is 285 g/mol. The van der Waals surface area contributed by atoms with Gasteiger partial charge in [-0.25, -0.2) is 0 Å². The van der Waals surface area contributed by atoms with Gasteiger partial charge in [-0.2, -0.15) is 5.10 Å². The molecule has 0 amide bonds. The molecule has 2 N–H and O–H groups in total. The summed E-state index contributed by atoms with van der Waals surface area (Å²) >= 11 is 0. The normalized spacial score (nSPS) is 16.3. The lowest BCUT2D eigenvalue weighted by molar-refractivity contribution is 0.250. The van der Waals surface area contributed by atoms with Crippen molar-refractivity contribution in [3.05, 3.63) is 42.2 Å². The molecule has 1 aromatic carbocycles. The molecule has 21 heavy (non-hydrogen) atoms. The fourth-order valence-corrected chi connectivity index (χ4v) is 2.80. The molecule has 1 aromatic heterocycles. The van der Waals surface area contributed by atoms with Crippen molar-refractivity contribution in [1.29, 1.82) is 0 Å². The van der Waals surface area contributed by atoms with E-state index in [9.17, 15) is 0 Å². The summed E-state index contributed by atoms with van der Waals surface area (Å²) < 4.78 is 1.98. The highest BCUT2D eigenvalue weighted by Crippen LogP contribution is 2.19. The molecule has 5 nitrogen and oxygen atoms in total. The molecule has 2 heterocycles. The van der Waals surface area contributed by atoms with Crippen LogP contribution in [0, 0.1) is 0 Å². The predicted molar refractivity (Wildman–Crippen MR) is 86.2 cm³/mol. The highest BCUT2D eigenvalue weighted by atomic mass is 15.3. The lowest BCUT2D eigenvalue weighted by atomic mass is 10.2. The van der Waals surface area contributed by atoms with Crippen molar-refractivity contribution in [1.82, 2.24) is 14.7 Å². The Hall–Kier alpha value is -2.01. The van der Waals surface area contributed by atoms with E-state index in [0.717, 1.165) is 45.0 Å². The first-order chi connectivity index (χ1) is 10.2. The average Bonchev–Trinajstić information content (AvgIpc) is 2.96. The van der Waals surface area contributed by atoms with E-state index >= 15 is 0 Å². The number of anilines is 2. The van der Waals surface area contributed by atoms with Gasteiger partial charge < -0.3 is 10.6 Å². The summed E-state index contributed by atoms with van der Waals surface area (Å²) in [5.74, 6) is 0. The number of piperazine rings is 1. The van der Waals surface area contributed by atoms with E-state index in [1.807, 2.05) is 23.0 Å². The van der Waals surface area contributed by atoms with E-state index in [1.165, 1.54) is 11.3 Å². The summed E-state index contributed by atoms with van der Waals surface area (Å²) in [4.78, 5) is 4.89. The van der Waals surface area contributed by atoms with Crippen LogP contribution in [-0.4, -0.2) is 40.9 Å². The highest BCUT2D eigenvalue weighted by Gasteiger charge is 2.17. The first-order valence-corrected chi connectivity index (χ1v) is 7.59. The van der Waals surface area contributed by atoms with Gasteiger partial charge in [-0.15, -0.1) is 0 Å². The van der Waals surface area contributed by atoms with Crippen LogP contribution in [0.1, 0.15) is 12.5 Å². The Kier molecular flexibility index (Phi) is 4.10. The van der Waals surface area contributed by atoms with Gasteiger partial charge in [0.15, 0.2) is 0 Å². The number of aromatic nitrogens is 2. The zero-order chi connectivity index (χ0) is 14.7. The first kappa shape index (κ1) is 13.9. The number of nitrogens with two attached hydrogens (primary N) is 1. The van der Waals surface area contributed by atoms with Gasteiger partial charge in [0.05, 0.1) is 6.20 Å². The minimum Gasteiger partial charge on any atom is -0.399 e. The molecular formula is C16H23N5. The van der Waals surface area contributed by atoms with E-state index in [0.29, 0.717) is 0 Å². The topological polar surface area (TPSA) is 50.3 Å². The number of hydrogen-bond donors (Lipinski definition) is 1. The minimum absolute atomic E-state index is 0.835. The van der Waals surface area contributed by atoms with E-state index in [4.69, 9.17) is 5.73 Å². The summed E-state index contributed by atoms with van der Waals surface area (Å²) in [5, 5.41) is 4.34. The molecule has 1 aliphatic heterocycles. The Balaban J connectivity index is 1.55. The molecule has 112 valence electrons. The Morgan fingerprint density at radius 3 is 2.67 bits per heavy atom. The van der Waals surface area contributed by atoms with Crippen molar-refractivity contribution in [2.45, 2.75) is 20.0 Å². The standard InChI is InChI=1S/C16H23N5/c1-2-21-13-14(11-18-21)12-19-6-8-20(9-7-19)16-5-3-4-15(17)10-16/h3-5,10-11,13H,2,6-9,12,17H2,1H3. The summed E-state index contributed by atoms with van der Waals surface area (Å²) in [6.07, 6.45) is 4.12. The maximum atomic E-state index is 5.86. The maximum Gasteiger partial charge on any atom is 0.0534 e. The summed E-state index contributed by atoms with van der Waals surface area (Å²) in [6, 6.07) is 8.15. The molecular weight excluding hydrogens is 262 g/mol. The molecule has 0 radical (unpaired) electrons. The van der Waals surface area contributed by atoms with Crippen LogP contribution in [0.25, 0.3) is 0 Å². The minimum atomic E-state index is 0.835. The van der Waals surface area contributed by atoms with Crippen LogP contribution in [0.2, 0.25) is 0 Å². The molecule has 1 aliphatic rings. The van der Waals surface area contributed by atoms with Gasteiger partial charge in [0, 0.05) is 62.4 Å². The third-order valence-electron chi connectivity index (χ3n) is 4.02. The smallest absolute Gasteiger partial charge is 0.0534 e. The Bertz CT molecular complexity index is 584. The Labute approximate surface area is 126 Å². The van der Waals surface area contributed by atoms with E-state index in [2.05, 4.69) is 40.2 Å². The van der Waals surface area contributed by atoms with Crippen molar-refractivity contribution >= 4 is 11.4 Å². The lowest BCUT2D eigenvalue weighted by Crippen LogP contribution is -2.45. The summed E-state index contributed by atoms with van der Waals surface area (Å²) in [7, 11) is 0. The molecule has 0 aliphatic carbocycles. The molecule has 0 bridgehead atoms. The second-order valence-corrected chi connectivity index (χ2v) is 5.56. The van der Waals surface area contributed by atoms with Crippen molar-refractivity contribution in [3.8, 4) is 0 Å². The van der Waals surface area contributed by atoms with Gasteiger partial charge in [0.2, 0.25) is 0 Å². The van der Waals surface area contributed by atoms with Crippen LogP contribution < -0.4 is 10.6 Å². The molecule has 5 heteroatoms. The van der Waals surface area contributed by atoms with Gasteiger partial charge in [-0.1, -0.05) is 6.07 Å². The number of aryl methyl sites for hydroxylation is 1. The molecule has 2 aromatic rings. The third-order valence-corrected chi connectivity index (χ3v) is 4.02. The summed E-state index contributed by atoms with van der Waals surface area (Å²) in [6.45, 7) is 8.28. The number of rotatable bonds is 4. The Morgan fingerprint density at radius 1 is 1.19 bits per heavy atom. The lowest BCUT2D eigenvalue weighted by Gasteiger charge is -2.36. The molecule has 3 rings (SSSR count). The van der Waals surface area contributed by atoms with Crippen LogP contribution >= 0.6 is 0 Å². The fraction of sp³-hybridized carbons (Fsp3) is 0.438. The van der Waals surface area contributed by atoms with Gasteiger partial charge in [0.25, 0.3) is 0 Å². The molecule has 1 saturated heterocycles. The van der Waals surface area contributed by atoms with Crippen molar-refractivity contribution in [2.75, 3.05) is 36.8 Å². The van der Waals surface area contributed by atoms with Crippen LogP contribution in [0.15, 0.2) is 36.7 Å². The second kappa shape index (κ2) is 6.18. The quantitative estimate of drug-likeness (QED) is 0.870. The van der Waals surface area contributed by atoms with Crippen molar-refractivity contribution in [3.63, 3.8) is 0 Å². The van der Waals surface area contributed by atoms with Gasteiger partial charge in [-0.05, 0) is 25.1 Å². The van der Waals surface area contributed by atoms with E-state index in [1.54, 1.807) is 0 Å². The fourth-order valence-electron chi connectivity index (χ4n) is 2.80. The van der Waals surface area contributed by atoms with Crippen LogP contribution in [-0.2, 0) is 13.1 Å². The van der Waals surface area contributed by atoms with Crippen LogP contribution in [0.4, 0.5) is 11.4 Å². The predicted octanol–water partition coefficient (Wildman–Crippen LogP) is 1.81. The second-order valence-electron chi connectivity index (χ2n) is 5.56. The largest absolute Gasteiger partial charge is 0.399 e. The molecule has 1 fully saturated rings. The first-order valence-electron chi connectivity index (χ1n) is 7.59. The van der Waals surface area contributed by atoms with Crippen LogP contribution in [0.5, 0.6) is 0 Å². The highest BCUT2D eigenvalue weighted by molar-refractivity contribution is 5.56. The monoisotopic (exact) mass is 285 g/mol. The zero-order valence-electron chi connectivity index (χ0n) is 12.6.